The molecule has 0 aromatic heterocycles. The predicted octanol–water partition coefficient (Wildman–Crippen LogP) is 5.05. The molecule has 0 amide bonds. The first-order valence-corrected chi connectivity index (χ1v) is 13.5. The number of rotatable bonds is 13. The molecule has 1 fully saturated rings. The van der Waals surface area contributed by atoms with Crippen LogP contribution in [0, 0.1) is 5.92 Å². The summed E-state index contributed by atoms with van der Waals surface area (Å²) >= 11 is 0. The summed E-state index contributed by atoms with van der Waals surface area (Å²) in [5.41, 5.74) is 2.94. The standard InChI is InChI=1S/C32H38O7/c1-3-23(2)31(34)39-32-28(33)30(37-21-26-17-11-6-12-18-26)29(36-20-25-15-9-5-10-16-25)27(38-32)22-35-19-24-13-7-4-8-14-24/h4-18,23,27-30,32-33H,3,19-22H2,1-2H3/t23?,27-,28+,29-,30-,32+/m1/s1. The van der Waals surface area contributed by atoms with Gasteiger partial charge in [-0.2, -0.15) is 0 Å². The summed E-state index contributed by atoms with van der Waals surface area (Å²) in [7, 11) is 0. The molecule has 1 heterocycles. The number of hydrogen-bond acceptors (Lipinski definition) is 7. The van der Waals surface area contributed by atoms with Gasteiger partial charge in [-0.3, -0.25) is 4.79 Å². The molecular weight excluding hydrogens is 496 g/mol. The minimum Gasteiger partial charge on any atom is -0.433 e. The highest BCUT2D eigenvalue weighted by Crippen LogP contribution is 2.29. The zero-order valence-corrected chi connectivity index (χ0v) is 22.6. The molecule has 208 valence electrons. The highest BCUT2D eigenvalue weighted by molar-refractivity contribution is 5.72. The minimum absolute atomic E-state index is 0.156. The summed E-state index contributed by atoms with van der Waals surface area (Å²) in [5, 5.41) is 11.4. The van der Waals surface area contributed by atoms with Crippen molar-refractivity contribution in [2.75, 3.05) is 6.61 Å². The van der Waals surface area contributed by atoms with Crippen LogP contribution in [0.1, 0.15) is 37.0 Å². The Hall–Kier alpha value is -3.07. The zero-order chi connectivity index (χ0) is 27.5. The van der Waals surface area contributed by atoms with Crippen LogP contribution in [0.4, 0.5) is 0 Å². The third-order valence-corrected chi connectivity index (χ3v) is 6.83. The number of hydrogen-bond donors (Lipinski definition) is 1. The summed E-state index contributed by atoms with van der Waals surface area (Å²) in [6.07, 6.45) is -4.03. The van der Waals surface area contributed by atoms with Gasteiger partial charge in [0.15, 0.2) is 0 Å². The van der Waals surface area contributed by atoms with E-state index in [1.165, 1.54) is 0 Å². The van der Waals surface area contributed by atoms with Gasteiger partial charge in [0.25, 0.3) is 0 Å². The normalized spacial score (nSPS) is 23.7. The van der Waals surface area contributed by atoms with Crippen molar-refractivity contribution >= 4 is 5.97 Å². The smallest absolute Gasteiger partial charge is 0.311 e. The van der Waals surface area contributed by atoms with E-state index in [0.29, 0.717) is 19.6 Å². The first-order valence-electron chi connectivity index (χ1n) is 13.5. The van der Waals surface area contributed by atoms with Gasteiger partial charge in [-0.25, -0.2) is 0 Å². The van der Waals surface area contributed by atoms with E-state index in [1.807, 2.05) is 97.9 Å². The van der Waals surface area contributed by atoms with E-state index in [2.05, 4.69) is 0 Å². The largest absolute Gasteiger partial charge is 0.433 e. The molecular formula is C32H38O7. The number of carbonyl (C=O) groups excluding carboxylic acids is 1. The Labute approximate surface area is 230 Å². The lowest BCUT2D eigenvalue weighted by Gasteiger charge is -2.44. The van der Waals surface area contributed by atoms with Crippen LogP contribution >= 0.6 is 0 Å². The molecule has 0 radical (unpaired) electrons. The third-order valence-electron chi connectivity index (χ3n) is 6.83. The molecule has 1 saturated heterocycles. The molecule has 39 heavy (non-hydrogen) atoms. The van der Waals surface area contributed by atoms with E-state index < -0.39 is 36.7 Å². The second-order valence-corrected chi connectivity index (χ2v) is 9.80. The maximum Gasteiger partial charge on any atom is 0.311 e. The van der Waals surface area contributed by atoms with Crippen LogP contribution in [0.15, 0.2) is 91.0 Å². The zero-order valence-electron chi connectivity index (χ0n) is 22.6. The number of aliphatic hydroxyl groups is 1. The van der Waals surface area contributed by atoms with E-state index in [4.69, 9.17) is 23.7 Å². The van der Waals surface area contributed by atoms with Crippen molar-refractivity contribution in [3.8, 4) is 0 Å². The Bertz CT molecular complexity index is 1110. The Kier molecular flexibility index (Phi) is 11.1. The van der Waals surface area contributed by atoms with Gasteiger partial charge in [0, 0.05) is 0 Å². The second kappa shape index (κ2) is 14.9. The molecule has 3 aromatic rings. The highest BCUT2D eigenvalue weighted by atomic mass is 16.7. The van der Waals surface area contributed by atoms with Gasteiger partial charge in [0.05, 0.1) is 32.3 Å². The highest BCUT2D eigenvalue weighted by Gasteiger charge is 2.49. The van der Waals surface area contributed by atoms with Gasteiger partial charge in [0.1, 0.15) is 24.4 Å². The fourth-order valence-corrected chi connectivity index (χ4v) is 4.32. The van der Waals surface area contributed by atoms with Crippen LogP contribution in [0.3, 0.4) is 0 Å². The minimum atomic E-state index is -1.26. The second-order valence-electron chi connectivity index (χ2n) is 9.80. The van der Waals surface area contributed by atoms with Crippen molar-refractivity contribution in [1.29, 1.82) is 0 Å². The van der Waals surface area contributed by atoms with Crippen molar-refractivity contribution < 1.29 is 33.6 Å². The number of esters is 1. The first-order chi connectivity index (χ1) is 19.0. The first kappa shape index (κ1) is 28.9. The molecule has 0 spiro atoms. The quantitative estimate of drug-likeness (QED) is 0.307. The third kappa shape index (κ3) is 8.46. The van der Waals surface area contributed by atoms with E-state index in [9.17, 15) is 9.90 Å². The lowest BCUT2D eigenvalue weighted by molar-refractivity contribution is -0.311. The van der Waals surface area contributed by atoms with E-state index in [0.717, 1.165) is 16.7 Å². The molecule has 4 rings (SSSR count). The van der Waals surface area contributed by atoms with Crippen LogP contribution < -0.4 is 0 Å². The van der Waals surface area contributed by atoms with Crippen LogP contribution in [0.2, 0.25) is 0 Å². The van der Waals surface area contributed by atoms with Crippen molar-refractivity contribution in [3.05, 3.63) is 108 Å². The van der Waals surface area contributed by atoms with Crippen molar-refractivity contribution in [1.82, 2.24) is 0 Å². The van der Waals surface area contributed by atoms with Crippen molar-refractivity contribution in [2.24, 2.45) is 5.92 Å². The lowest BCUT2D eigenvalue weighted by Crippen LogP contribution is -2.61. The van der Waals surface area contributed by atoms with Crippen LogP contribution in [-0.2, 0) is 48.3 Å². The summed E-state index contributed by atoms with van der Waals surface area (Å²) in [6.45, 7) is 4.76. The molecule has 7 heteroatoms. The van der Waals surface area contributed by atoms with Crippen LogP contribution in [0.5, 0.6) is 0 Å². The molecule has 1 unspecified atom stereocenters. The van der Waals surface area contributed by atoms with Crippen molar-refractivity contribution in [2.45, 2.75) is 70.8 Å². The fourth-order valence-electron chi connectivity index (χ4n) is 4.32. The Morgan fingerprint density at radius 3 is 1.79 bits per heavy atom. The molecule has 0 bridgehead atoms. The Morgan fingerprint density at radius 1 is 0.795 bits per heavy atom. The van der Waals surface area contributed by atoms with Gasteiger partial charge in [-0.05, 0) is 23.1 Å². The molecule has 3 aromatic carbocycles. The lowest BCUT2D eigenvalue weighted by atomic mass is 9.98. The van der Waals surface area contributed by atoms with Crippen LogP contribution in [-0.4, -0.2) is 48.4 Å². The van der Waals surface area contributed by atoms with E-state index in [1.54, 1.807) is 6.92 Å². The molecule has 1 aliphatic rings. The van der Waals surface area contributed by atoms with E-state index >= 15 is 0 Å². The summed E-state index contributed by atoms with van der Waals surface area (Å²) in [4.78, 5) is 12.7. The maximum absolute atomic E-state index is 12.7. The van der Waals surface area contributed by atoms with Crippen LogP contribution in [0.25, 0.3) is 0 Å². The molecule has 7 nitrogen and oxygen atoms in total. The van der Waals surface area contributed by atoms with Gasteiger partial charge in [-0.1, -0.05) is 105 Å². The summed E-state index contributed by atoms with van der Waals surface area (Å²) in [5.74, 6) is -0.764. The van der Waals surface area contributed by atoms with Gasteiger partial charge >= 0.3 is 5.97 Å². The van der Waals surface area contributed by atoms with Gasteiger partial charge in [0.2, 0.25) is 6.29 Å². The van der Waals surface area contributed by atoms with Crippen molar-refractivity contribution in [3.63, 3.8) is 0 Å². The summed E-state index contributed by atoms with van der Waals surface area (Å²) in [6, 6.07) is 29.3. The van der Waals surface area contributed by atoms with E-state index in [-0.39, 0.29) is 19.1 Å². The number of aliphatic hydroxyl groups excluding tert-OH is 1. The topological polar surface area (TPSA) is 83.5 Å². The SMILES string of the molecule is CCC(C)C(=O)O[C@@H]1O[C@H](COCc2ccccc2)[C@@H](OCc2ccccc2)[C@H](OCc2ccccc2)[C@@H]1O. The Balaban J connectivity index is 1.55. The average Bonchev–Trinajstić information content (AvgIpc) is 2.98. The number of benzene rings is 3. The maximum atomic E-state index is 12.7. The fraction of sp³-hybridized carbons (Fsp3) is 0.406. The molecule has 6 atom stereocenters. The number of carbonyl (C=O) groups is 1. The number of ether oxygens (including phenoxy) is 5. The van der Waals surface area contributed by atoms with Gasteiger partial charge in [-0.15, -0.1) is 0 Å². The molecule has 1 N–H and O–H groups in total. The Morgan fingerprint density at radius 2 is 1.28 bits per heavy atom. The molecule has 1 aliphatic heterocycles. The monoisotopic (exact) mass is 534 g/mol. The average molecular weight is 535 g/mol. The molecule has 0 aliphatic carbocycles. The summed E-state index contributed by atoms with van der Waals surface area (Å²) < 4.78 is 30.5. The predicted molar refractivity (Wildman–Crippen MR) is 146 cm³/mol. The van der Waals surface area contributed by atoms with Gasteiger partial charge < -0.3 is 28.8 Å². The molecule has 0 saturated carbocycles.